The predicted octanol–water partition coefficient (Wildman–Crippen LogP) is 3.03. The molecule has 0 saturated heterocycles. The molecule has 2 rings (SSSR count). The summed E-state index contributed by atoms with van der Waals surface area (Å²) in [7, 11) is 0. The minimum atomic E-state index is -0.864. The normalized spacial score (nSPS) is 10.2. The quantitative estimate of drug-likeness (QED) is 0.907. The number of pyridine rings is 1. The Morgan fingerprint density at radius 2 is 2.00 bits per heavy atom. The lowest BCUT2D eigenvalue weighted by atomic mass is 10.1. The minimum absolute atomic E-state index is 0.0181. The van der Waals surface area contributed by atoms with Crippen molar-refractivity contribution in [1.82, 2.24) is 4.98 Å². The van der Waals surface area contributed by atoms with Gasteiger partial charge in [-0.1, -0.05) is 35.9 Å². The lowest BCUT2D eigenvalue weighted by molar-refractivity contribution is -0.136. The van der Waals surface area contributed by atoms with Crippen LogP contribution in [0.2, 0.25) is 5.02 Å². The molecular formula is C13H10ClNO2. The molecule has 0 radical (unpaired) electrons. The number of rotatable bonds is 3. The molecule has 0 aliphatic heterocycles. The van der Waals surface area contributed by atoms with E-state index in [4.69, 9.17) is 16.7 Å². The van der Waals surface area contributed by atoms with Crippen molar-refractivity contribution < 1.29 is 9.90 Å². The van der Waals surface area contributed by atoms with E-state index in [9.17, 15) is 4.79 Å². The number of hydrogen-bond acceptors (Lipinski definition) is 2. The number of benzene rings is 1. The fourth-order valence-corrected chi connectivity index (χ4v) is 1.76. The van der Waals surface area contributed by atoms with Crippen molar-refractivity contribution in [2.24, 2.45) is 0 Å². The summed E-state index contributed by atoms with van der Waals surface area (Å²) >= 11 is 6.05. The summed E-state index contributed by atoms with van der Waals surface area (Å²) in [4.78, 5) is 14.7. The zero-order valence-corrected chi connectivity index (χ0v) is 9.69. The number of carboxylic acids is 1. The van der Waals surface area contributed by atoms with Gasteiger partial charge in [-0.25, -0.2) is 0 Å². The van der Waals surface area contributed by atoms with Crippen molar-refractivity contribution in [2.45, 2.75) is 6.42 Å². The molecule has 3 nitrogen and oxygen atoms in total. The van der Waals surface area contributed by atoms with Gasteiger partial charge in [0.05, 0.1) is 12.1 Å². The summed E-state index contributed by atoms with van der Waals surface area (Å²) in [6.45, 7) is 0. The molecule has 0 saturated carbocycles. The third-order valence-corrected chi connectivity index (χ3v) is 2.66. The zero-order valence-electron chi connectivity index (χ0n) is 8.93. The number of halogens is 1. The highest BCUT2D eigenvalue weighted by Crippen LogP contribution is 2.25. The Balaban J connectivity index is 2.30. The van der Waals surface area contributed by atoms with Crippen LogP contribution in [0.3, 0.4) is 0 Å². The van der Waals surface area contributed by atoms with Crippen LogP contribution in [-0.2, 0) is 11.2 Å². The van der Waals surface area contributed by atoms with Gasteiger partial charge in [0, 0.05) is 16.8 Å². The van der Waals surface area contributed by atoms with Gasteiger partial charge in [0.25, 0.3) is 0 Å². The highest BCUT2D eigenvalue weighted by atomic mass is 35.5. The van der Waals surface area contributed by atoms with E-state index in [1.54, 1.807) is 24.4 Å². The van der Waals surface area contributed by atoms with E-state index in [-0.39, 0.29) is 6.42 Å². The molecule has 4 heteroatoms. The Morgan fingerprint density at radius 1 is 1.24 bits per heavy atom. The molecule has 1 N–H and O–H groups in total. The second-order valence-corrected chi connectivity index (χ2v) is 4.01. The summed E-state index contributed by atoms with van der Waals surface area (Å²) in [5, 5.41) is 9.28. The molecule has 1 heterocycles. The maximum absolute atomic E-state index is 10.5. The van der Waals surface area contributed by atoms with Crippen LogP contribution in [0.4, 0.5) is 0 Å². The van der Waals surface area contributed by atoms with Crippen LogP contribution in [0.1, 0.15) is 5.56 Å². The molecule has 0 atom stereocenters. The molecule has 0 bridgehead atoms. The number of carbonyl (C=O) groups is 1. The van der Waals surface area contributed by atoms with Crippen LogP contribution >= 0.6 is 11.6 Å². The lowest BCUT2D eigenvalue weighted by Gasteiger charge is -2.04. The van der Waals surface area contributed by atoms with Crippen LogP contribution < -0.4 is 0 Å². The van der Waals surface area contributed by atoms with Crippen LogP contribution in [0, 0.1) is 0 Å². The van der Waals surface area contributed by atoms with E-state index < -0.39 is 5.97 Å². The summed E-state index contributed by atoms with van der Waals surface area (Å²) in [5.41, 5.74) is 2.26. The van der Waals surface area contributed by atoms with Crippen molar-refractivity contribution in [3.8, 4) is 11.3 Å². The lowest BCUT2D eigenvalue weighted by Crippen LogP contribution is -2.00. The first-order chi connectivity index (χ1) is 8.16. The van der Waals surface area contributed by atoms with E-state index in [0.717, 1.165) is 11.3 Å². The van der Waals surface area contributed by atoms with Gasteiger partial charge in [0.15, 0.2) is 0 Å². The van der Waals surface area contributed by atoms with Crippen molar-refractivity contribution in [1.29, 1.82) is 0 Å². The molecule has 0 aliphatic rings. The molecule has 0 fully saturated rings. The second-order valence-electron chi connectivity index (χ2n) is 3.60. The topological polar surface area (TPSA) is 50.2 Å². The van der Waals surface area contributed by atoms with E-state index in [1.165, 1.54) is 0 Å². The summed E-state index contributed by atoms with van der Waals surface area (Å²) in [6.07, 6.45) is 1.54. The summed E-state index contributed by atoms with van der Waals surface area (Å²) < 4.78 is 0. The SMILES string of the molecule is O=C(O)Cc1ccc(-c2ccccc2Cl)nc1. The van der Waals surface area contributed by atoms with Gasteiger partial charge >= 0.3 is 5.97 Å². The Labute approximate surface area is 104 Å². The summed E-state index contributed by atoms with van der Waals surface area (Å²) in [6, 6.07) is 10.9. The molecular weight excluding hydrogens is 238 g/mol. The fourth-order valence-electron chi connectivity index (χ4n) is 1.53. The maximum Gasteiger partial charge on any atom is 0.307 e. The molecule has 86 valence electrons. The van der Waals surface area contributed by atoms with E-state index in [0.29, 0.717) is 10.6 Å². The van der Waals surface area contributed by atoms with Gasteiger partial charge in [0.1, 0.15) is 0 Å². The van der Waals surface area contributed by atoms with E-state index in [2.05, 4.69) is 4.98 Å². The number of aliphatic carboxylic acids is 1. The van der Waals surface area contributed by atoms with Crippen molar-refractivity contribution in [3.63, 3.8) is 0 Å². The maximum atomic E-state index is 10.5. The van der Waals surface area contributed by atoms with Gasteiger partial charge < -0.3 is 5.11 Å². The minimum Gasteiger partial charge on any atom is -0.481 e. The predicted molar refractivity (Wildman–Crippen MR) is 66.0 cm³/mol. The van der Waals surface area contributed by atoms with Crippen LogP contribution in [0.15, 0.2) is 42.6 Å². The molecule has 2 aromatic rings. The van der Waals surface area contributed by atoms with Gasteiger partial charge in [-0.15, -0.1) is 0 Å². The number of nitrogens with zero attached hydrogens (tertiary/aromatic N) is 1. The molecule has 0 unspecified atom stereocenters. The summed E-state index contributed by atoms with van der Waals surface area (Å²) in [5.74, 6) is -0.864. The zero-order chi connectivity index (χ0) is 12.3. The molecule has 1 aromatic carbocycles. The molecule has 0 aliphatic carbocycles. The first-order valence-electron chi connectivity index (χ1n) is 5.08. The monoisotopic (exact) mass is 247 g/mol. The Bertz CT molecular complexity index is 537. The highest BCUT2D eigenvalue weighted by molar-refractivity contribution is 6.33. The number of aromatic nitrogens is 1. The van der Waals surface area contributed by atoms with Crippen LogP contribution in [0.5, 0.6) is 0 Å². The van der Waals surface area contributed by atoms with Crippen molar-refractivity contribution >= 4 is 17.6 Å². The standard InChI is InChI=1S/C13H10ClNO2/c14-11-4-2-1-3-10(11)12-6-5-9(8-15-12)7-13(16)17/h1-6,8H,7H2,(H,16,17). The molecule has 17 heavy (non-hydrogen) atoms. The molecule has 0 spiro atoms. The van der Waals surface area contributed by atoms with Gasteiger partial charge in [-0.2, -0.15) is 0 Å². The van der Waals surface area contributed by atoms with Crippen molar-refractivity contribution in [3.05, 3.63) is 53.2 Å². The Morgan fingerprint density at radius 3 is 2.59 bits per heavy atom. The van der Waals surface area contributed by atoms with Gasteiger partial charge in [0.2, 0.25) is 0 Å². The largest absolute Gasteiger partial charge is 0.481 e. The van der Waals surface area contributed by atoms with E-state index >= 15 is 0 Å². The first kappa shape index (κ1) is 11.6. The average Bonchev–Trinajstić information content (AvgIpc) is 2.30. The third kappa shape index (κ3) is 2.82. The smallest absolute Gasteiger partial charge is 0.307 e. The van der Waals surface area contributed by atoms with Gasteiger partial charge in [-0.3, -0.25) is 9.78 Å². The second kappa shape index (κ2) is 4.97. The van der Waals surface area contributed by atoms with Crippen molar-refractivity contribution in [2.75, 3.05) is 0 Å². The average molecular weight is 248 g/mol. The first-order valence-corrected chi connectivity index (χ1v) is 5.46. The third-order valence-electron chi connectivity index (χ3n) is 2.33. The number of carboxylic acid groups (broad SMARTS) is 1. The van der Waals surface area contributed by atoms with Crippen LogP contribution in [0.25, 0.3) is 11.3 Å². The van der Waals surface area contributed by atoms with Crippen LogP contribution in [-0.4, -0.2) is 16.1 Å². The Hall–Kier alpha value is -1.87. The van der Waals surface area contributed by atoms with Gasteiger partial charge in [-0.05, 0) is 17.7 Å². The Kier molecular flexibility index (Phi) is 3.40. The fraction of sp³-hybridized carbons (Fsp3) is 0.0769. The molecule has 1 aromatic heterocycles. The molecule has 0 amide bonds. The number of hydrogen-bond donors (Lipinski definition) is 1. The van der Waals surface area contributed by atoms with E-state index in [1.807, 2.05) is 18.2 Å². The highest BCUT2D eigenvalue weighted by Gasteiger charge is 2.05.